The van der Waals surface area contributed by atoms with Crippen LogP contribution in [-0.4, -0.2) is 33.9 Å². The van der Waals surface area contributed by atoms with Crippen LogP contribution in [0, 0.1) is 5.92 Å². The summed E-state index contributed by atoms with van der Waals surface area (Å²) in [6, 6.07) is 6.95. The fourth-order valence-corrected chi connectivity index (χ4v) is 3.59. The molecule has 0 unspecified atom stereocenters. The second-order valence-corrected chi connectivity index (χ2v) is 6.30. The number of aliphatic imine (C=N–C) groups is 1. The Morgan fingerprint density at radius 1 is 1.33 bits per heavy atom. The minimum absolute atomic E-state index is 0.327. The van der Waals surface area contributed by atoms with E-state index in [-0.39, 0.29) is 0 Å². The lowest BCUT2D eigenvalue weighted by molar-refractivity contribution is 0.592. The summed E-state index contributed by atoms with van der Waals surface area (Å²) in [5.74, 6) is 0.993. The molecule has 2 aliphatic heterocycles. The van der Waals surface area contributed by atoms with Crippen LogP contribution in [0.15, 0.2) is 34.2 Å². The Labute approximate surface area is 106 Å². The Kier molecular flexibility index (Phi) is 2.83. The molecule has 0 aliphatic carbocycles. The van der Waals surface area contributed by atoms with E-state index in [1.54, 1.807) is 18.2 Å². The Morgan fingerprint density at radius 2 is 2.17 bits per heavy atom. The molecule has 1 aromatic rings. The summed E-state index contributed by atoms with van der Waals surface area (Å²) in [4.78, 5) is 4.76. The fraction of sp³-hybridized carbons (Fsp3) is 0.417. The molecule has 1 aromatic carbocycles. The van der Waals surface area contributed by atoms with E-state index in [1.165, 1.54) is 0 Å². The van der Waals surface area contributed by atoms with Gasteiger partial charge in [0.1, 0.15) is 5.84 Å². The fourth-order valence-electron chi connectivity index (χ4n) is 2.34. The molecule has 96 valence electrons. The van der Waals surface area contributed by atoms with Crippen molar-refractivity contribution in [2.24, 2.45) is 10.9 Å². The van der Waals surface area contributed by atoms with E-state index in [1.807, 2.05) is 6.07 Å². The highest BCUT2D eigenvalue weighted by Gasteiger charge is 2.30. The third-order valence-electron chi connectivity index (χ3n) is 3.33. The lowest BCUT2D eigenvalue weighted by atomic mass is 10.1. The number of hydrogen-bond acceptors (Lipinski definition) is 4. The Morgan fingerprint density at radius 3 is 2.94 bits per heavy atom. The van der Waals surface area contributed by atoms with Gasteiger partial charge < -0.3 is 5.32 Å². The van der Waals surface area contributed by atoms with Crippen molar-refractivity contribution >= 4 is 15.9 Å². The second-order valence-electron chi connectivity index (χ2n) is 4.65. The maximum atomic E-state index is 11.9. The highest BCUT2D eigenvalue weighted by molar-refractivity contribution is 7.90. The molecule has 1 fully saturated rings. The first-order valence-corrected chi connectivity index (χ1v) is 7.52. The molecule has 0 spiro atoms. The van der Waals surface area contributed by atoms with Crippen LogP contribution >= 0.6 is 0 Å². The first kappa shape index (κ1) is 11.7. The quantitative estimate of drug-likeness (QED) is 0.810. The van der Waals surface area contributed by atoms with E-state index >= 15 is 0 Å². The van der Waals surface area contributed by atoms with Gasteiger partial charge in [-0.05, 0) is 37.6 Å². The summed E-state index contributed by atoms with van der Waals surface area (Å²) in [5.41, 5.74) is 0.684. The molecule has 2 aliphatic rings. The lowest BCUT2D eigenvalue weighted by Crippen LogP contribution is -2.23. The molecule has 18 heavy (non-hydrogen) atoms. The third kappa shape index (κ3) is 2.02. The molecule has 5 nitrogen and oxygen atoms in total. The summed E-state index contributed by atoms with van der Waals surface area (Å²) in [7, 11) is -3.40. The van der Waals surface area contributed by atoms with Crippen LogP contribution in [0.5, 0.6) is 0 Å². The van der Waals surface area contributed by atoms with Crippen molar-refractivity contribution in [2.45, 2.75) is 11.3 Å². The molecule has 3 rings (SSSR count). The topological polar surface area (TPSA) is 70.6 Å². The van der Waals surface area contributed by atoms with Crippen LogP contribution in [0.1, 0.15) is 12.0 Å². The van der Waals surface area contributed by atoms with Crippen LogP contribution in [0.2, 0.25) is 0 Å². The minimum atomic E-state index is -3.40. The van der Waals surface area contributed by atoms with Gasteiger partial charge in [-0.1, -0.05) is 12.1 Å². The Hall–Kier alpha value is -1.40. The first-order valence-electron chi connectivity index (χ1n) is 6.04. The highest BCUT2D eigenvalue weighted by Crippen LogP contribution is 2.22. The largest absolute Gasteiger partial charge is 0.316 e. The first-order chi connectivity index (χ1) is 8.67. The number of fused-ring (bicyclic) bond motifs is 1. The molecular weight excluding hydrogens is 250 g/mol. The molecule has 1 atom stereocenters. The summed E-state index contributed by atoms with van der Waals surface area (Å²) >= 11 is 0. The molecule has 6 heteroatoms. The molecule has 0 radical (unpaired) electrons. The zero-order valence-electron chi connectivity index (χ0n) is 9.89. The molecule has 1 saturated heterocycles. The SMILES string of the molecule is O=S1(=O)NC(=NC[C@@H]2CCNC2)c2ccccc21. The summed E-state index contributed by atoms with van der Waals surface area (Å²) < 4.78 is 26.2. The molecule has 2 heterocycles. The van der Waals surface area contributed by atoms with E-state index in [9.17, 15) is 8.42 Å². The smallest absolute Gasteiger partial charge is 0.263 e. The van der Waals surface area contributed by atoms with E-state index in [0.29, 0.717) is 28.8 Å². The number of nitrogens with one attached hydrogen (secondary N) is 2. The van der Waals surface area contributed by atoms with Gasteiger partial charge in [0.2, 0.25) is 0 Å². The van der Waals surface area contributed by atoms with Gasteiger partial charge in [-0.15, -0.1) is 0 Å². The molecule has 0 bridgehead atoms. The summed E-state index contributed by atoms with van der Waals surface area (Å²) in [5, 5.41) is 3.28. The standard InChI is InChI=1S/C12H15N3O2S/c16-18(17)11-4-2-1-3-10(11)12(15-18)14-8-9-5-6-13-7-9/h1-4,9,13H,5-8H2,(H,14,15)/t9-/m1/s1. The van der Waals surface area contributed by atoms with E-state index in [4.69, 9.17) is 0 Å². The zero-order chi connectivity index (χ0) is 12.6. The van der Waals surface area contributed by atoms with Crippen molar-refractivity contribution in [3.63, 3.8) is 0 Å². The Balaban J connectivity index is 1.88. The van der Waals surface area contributed by atoms with Gasteiger partial charge in [-0.2, -0.15) is 0 Å². The van der Waals surface area contributed by atoms with Gasteiger partial charge in [0, 0.05) is 12.1 Å². The number of nitrogens with zero attached hydrogens (tertiary/aromatic N) is 1. The van der Waals surface area contributed by atoms with Gasteiger partial charge in [-0.25, -0.2) is 8.42 Å². The van der Waals surface area contributed by atoms with Crippen molar-refractivity contribution in [3.8, 4) is 0 Å². The maximum Gasteiger partial charge on any atom is 0.263 e. The predicted octanol–water partition coefficient (Wildman–Crippen LogP) is 0.335. The van der Waals surface area contributed by atoms with Crippen LogP contribution in [-0.2, 0) is 10.0 Å². The van der Waals surface area contributed by atoms with Crippen LogP contribution in [0.25, 0.3) is 0 Å². The van der Waals surface area contributed by atoms with Gasteiger partial charge in [-0.3, -0.25) is 9.71 Å². The number of rotatable bonds is 2. The van der Waals surface area contributed by atoms with Gasteiger partial charge in [0.25, 0.3) is 10.0 Å². The average molecular weight is 265 g/mol. The minimum Gasteiger partial charge on any atom is -0.316 e. The predicted molar refractivity (Wildman–Crippen MR) is 69.1 cm³/mol. The molecule has 2 N–H and O–H groups in total. The monoisotopic (exact) mass is 265 g/mol. The number of amidine groups is 1. The third-order valence-corrected chi connectivity index (χ3v) is 4.73. The summed E-state index contributed by atoms with van der Waals surface area (Å²) in [6.45, 7) is 2.65. The normalized spacial score (nSPS) is 27.1. The van der Waals surface area contributed by atoms with E-state index < -0.39 is 10.0 Å². The number of sulfonamides is 1. The molecular formula is C12H15N3O2S. The van der Waals surface area contributed by atoms with Crippen molar-refractivity contribution in [3.05, 3.63) is 29.8 Å². The van der Waals surface area contributed by atoms with Gasteiger partial charge in [0.15, 0.2) is 0 Å². The second kappa shape index (κ2) is 4.37. The highest BCUT2D eigenvalue weighted by atomic mass is 32.2. The van der Waals surface area contributed by atoms with E-state index in [0.717, 1.165) is 19.5 Å². The van der Waals surface area contributed by atoms with Crippen molar-refractivity contribution in [2.75, 3.05) is 19.6 Å². The number of hydrogen-bond donors (Lipinski definition) is 2. The zero-order valence-corrected chi connectivity index (χ0v) is 10.7. The molecule has 0 amide bonds. The molecule has 0 saturated carbocycles. The summed E-state index contributed by atoms with van der Waals surface area (Å²) in [6.07, 6.45) is 1.10. The lowest BCUT2D eigenvalue weighted by Gasteiger charge is -2.04. The van der Waals surface area contributed by atoms with Gasteiger partial charge in [0.05, 0.1) is 4.90 Å². The number of benzene rings is 1. The van der Waals surface area contributed by atoms with E-state index in [2.05, 4.69) is 15.0 Å². The van der Waals surface area contributed by atoms with Gasteiger partial charge >= 0.3 is 0 Å². The molecule has 0 aromatic heterocycles. The maximum absolute atomic E-state index is 11.9. The van der Waals surface area contributed by atoms with Crippen molar-refractivity contribution in [1.82, 2.24) is 10.0 Å². The van der Waals surface area contributed by atoms with Crippen molar-refractivity contribution < 1.29 is 8.42 Å². The van der Waals surface area contributed by atoms with Crippen molar-refractivity contribution in [1.29, 1.82) is 0 Å². The van der Waals surface area contributed by atoms with Crippen LogP contribution < -0.4 is 10.0 Å². The van der Waals surface area contributed by atoms with Crippen LogP contribution in [0.4, 0.5) is 0 Å². The Bertz CT molecular complexity index is 589. The average Bonchev–Trinajstić information content (AvgIpc) is 2.95. The van der Waals surface area contributed by atoms with Crippen LogP contribution in [0.3, 0.4) is 0 Å².